The molecule has 2 rings (SSSR count). The van der Waals surface area contributed by atoms with Crippen molar-refractivity contribution in [2.45, 2.75) is 39.5 Å². The van der Waals surface area contributed by atoms with E-state index in [2.05, 4.69) is 26.0 Å². The van der Waals surface area contributed by atoms with Crippen molar-refractivity contribution in [3.8, 4) is 0 Å². The maximum absolute atomic E-state index is 12.1. The normalized spacial score (nSPS) is 37.2. The average molecular weight is 178 g/mol. The lowest BCUT2D eigenvalue weighted by Gasteiger charge is -2.24. The summed E-state index contributed by atoms with van der Waals surface area (Å²) >= 11 is 0. The van der Waals surface area contributed by atoms with E-state index in [4.69, 9.17) is 0 Å². The van der Waals surface area contributed by atoms with Gasteiger partial charge < -0.3 is 0 Å². The van der Waals surface area contributed by atoms with Gasteiger partial charge >= 0.3 is 0 Å². The molecule has 13 heavy (non-hydrogen) atoms. The molecule has 2 aliphatic rings. The maximum atomic E-state index is 12.1. The number of Topliss-reactive ketones (excluding diaryl/α,β-unsaturated/α-hetero) is 1. The Morgan fingerprint density at radius 3 is 2.92 bits per heavy atom. The predicted molar refractivity (Wildman–Crippen MR) is 53.4 cm³/mol. The third-order valence-corrected chi connectivity index (χ3v) is 3.58. The molecule has 0 amide bonds. The Labute approximate surface area is 80.2 Å². The maximum Gasteiger partial charge on any atom is 0.142 e. The fraction of sp³-hybridized carbons (Fsp3) is 0.750. The zero-order chi connectivity index (χ0) is 9.47. The fourth-order valence-corrected chi connectivity index (χ4v) is 2.68. The van der Waals surface area contributed by atoms with Crippen molar-refractivity contribution in [3.63, 3.8) is 0 Å². The molecule has 0 aromatic heterocycles. The Morgan fingerprint density at radius 2 is 2.15 bits per heavy atom. The third-order valence-electron chi connectivity index (χ3n) is 3.58. The Kier molecular flexibility index (Phi) is 2.05. The second-order valence-electron chi connectivity index (χ2n) is 5.08. The van der Waals surface area contributed by atoms with Gasteiger partial charge in [0.25, 0.3) is 0 Å². The van der Waals surface area contributed by atoms with E-state index in [1.54, 1.807) is 0 Å². The molecule has 2 aliphatic carbocycles. The number of hydrogen-bond acceptors (Lipinski definition) is 1. The monoisotopic (exact) mass is 178 g/mol. The van der Waals surface area contributed by atoms with E-state index in [9.17, 15) is 4.79 Å². The molecule has 0 bridgehead atoms. The number of hydrogen-bond donors (Lipinski definition) is 0. The van der Waals surface area contributed by atoms with Crippen LogP contribution in [0.5, 0.6) is 0 Å². The first-order valence-electron chi connectivity index (χ1n) is 5.32. The van der Waals surface area contributed by atoms with E-state index in [-0.39, 0.29) is 5.41 Å². The molecule has 0 saturated heterocycles. The number of allylic oxidation sites excluding steroid dienone is 2. The zero-order valence-corrected chi connectivity index (χ0v) is 8.55. The summed E-state index contributed by atoms with van der Waals surface area (Å²) < 4.78 is 0. The van der Waals surface area contributed by atoms with Crippen molar-refractivity contribution in [2.75, 3.05) is 0 Å². The largest absolute Gasteiger partial charge is 0.299 e. The van der Waals surface area contributed by atoms with E-state index >= 15 is 0 Å². The lowest BCUT2D eigenvalue weighted by atomic mass is 9.78. The first-order chi connectivity index (χ1) is 6.11. The Morgan fingerprint density at radius 1 is 1.38 bits per heavy atom. The SMILES string of the molecule is CC1(C)CC=C[C@@H]2CCCC2C1=O. The van der Waals surface area contributed by atoms with Crippen molar-refractivity contribution < 1.29 is 4.79 Å². The zero-order valence-electron chi connectivity index (χ0n) is 8.55. The van der Waals surface area contributed by atoms with E-state index in [0.29, 0.717) is 17.6 Å². The van der Waals surface area contributed by atoms with Crippen LogP contribution in [0.25, 0.3) is 0 Å². The number of carbonyl (C=O) groups is 1. The Bertz CT molecular complexity index is 250. The second kappa shape index (κ2) is 2.97. The van der Waals surface area contributed by atoms with Gasteiger partial charge in [-0.2, -0.15) is 0 Å². The molecule has 72 valence electrons. The molecule has 0 spiro atoms. The molecule has 2 atom stereocenters. The highest BCUT2D eigenvalue weighted by atomic mass is 16.1. The molecule has 1 fully saturated rings. The minimum absolute atomic E-state index is 0.111. The summed E-state index contributed by atoms with van der Waals surface area (Å²) in [6, 6.07) is 0. The number of ketones is 1. The number of carbonyl (C=O) groups excluding carboxylic acids is 1. The lowest BCUT2D eigenvalue weighted by Crippen LogP contribution is -2.30. The fourth-order valence-electron chi connectivity index (χ4n) is 2.68. The topological polar surface area (TPSA) is 17.1 Å². The minimum Gasteiger partial charge on any atom is -0.299 e. The van der Waals surface area contributed by atoms with Gasteiger partial charge in [-0.15, -0.1) is 0 Å². The van der Waals surface area contributed by atoms with Gasteiger partial charge in [-0.05, 0) is 25.2 Å². The van der Waals surface area contributed by atoms with Crippen LogP contribution >= 0.6 is 0 Å². The first-order valence-corrected chi connectivity index (χ1v) is 5.32. The summed E-state index contributed by atoms with van der Waals surface area (Å²) in [5, 5.41) is 0. The number of rotatable bonds is 0. The molecule has 0 aromatic rings. The summed E-state index contributed by atoms with van der Waals surface area (Å²) in [5.74, 6) is 1.41. The quantitative estimate of drug-likeness (QED) is 0.521. The van der Waals surface area contributed by atoms with Crippen LogP contribution in [-0.4, -0.2) is 5.78 Å². The minimum atomic E-state index is -0.111. The Balaban J connectivity index is 2.28. The van der Waals surface area contributed by atoms with E-state index in [1.165, 1.54) is 12.8 Å². The van der Waals surface area contributed by atoms with Gasteiger partial charge in [0.1, 0.15) is 5.78 Å². The van der Waals surface area contributed by atoms with Crippen LogP contribution in [0.1, 0.15) is 39.5 Å². The molecule has 1 heteroatoms. The van der Waals surface area contributed by atoms with Gasteiger partial charge in [-0.1, -0.05) is 32.4 Å². The lowest BCUT2D eigenvalue weighted by molar-refractivity contribution is -0.131. The van der Waals surface area contributed by atoms with Gasteiger partial charge in [-0.25, -0.2) is 0 Å². The van der Waals surface area contributed by atoms with Crippen LogP contribution in [0.2, 0.25) is 0 Å². The van der Waals surface area contributed by atoms with Crippen LogP contribution in [0, 0.1) is 17.3 Å². The van der Waals surface area contributed by atoms with Crippen LogP contribution in [0.4, 0.5) is 0 Å². The molecule has 0 heterocycles. The van der Waals surface area contributed by atoms with Gasteiger partial charge in [-0.3, -0.25) is 4.79 Å². The standard InChI is InChI=1S/C12H18O/c1-12(2)8-4-6-9-5-3-7-10(9)11(12)13/h4,6,9-10H,3,5,7-8H2,1-2H3/t9-,10?/m0/s1. The highest BCUT2D eigenvalue weighted by Gasteiger charge is 2.40. The van der Waals surface area contributed by atoms with E-state index < -0.39 is 0 Å². The number of fused-ring (bicyclic) bond motifs is 1. The van der Waals surface area contributed by atoms with Crippen LogP contribution in [0.15, 0.2) is 12.2 Å². The summed E-state index contributed by atoms with van der Waals surface area (Å²) in [6.07, 6.45) is 9.01. The van der Waals surface area contributed by atoms with Crippen molar-refractivity contribution >= 4 is 5.78 Å². The molecular weight excluding hydrogens is 160 g/mol. The van der Waals surface area contributed by atoms with E-state index in [0.717, 1.165) is 12.8 Å². The van der Waals surface area contributed by atoms with Crippen molar-refractivity contribution in [1.29, 1.82) is 0 Å². The molecule has 0 radical (unpaired) electrons. The van der Waals surface area contributed by atoms with Gasteiger partial charge in [0, 0.05) is 11.3 Å². The smallest absolute Gasteiger partial charge is 0.142 e. The Hall–Kier alpha value is -0.590. The average Bonchev–Trinajstić information content (AvgIpc) is 2.47. The van der Waals surface area contributed by atoms with Gasteiger partial charge in [0.2, 0.25) is 0 Å². The van der Waals surface area contributed by atoms with Gasteiger partial charge in [0.05, 0.1) is 0 Å². The second-order valence-corrected chi connectivity index (χ2v) is 5.08. The summed E-state index contributed by atoms with van der Waals surface area (Å²) in [5.41, 5.74) is -0.111. The summed E-state index contributed by atoms with van der Waals surface area (Å²) in [4.78, 5) is 12.1. The summed E-state index contributed by atoms with van der Waals surface area (Å²) in [6.45, 7) is 4.17. The molecular formula is C12H18O. The van der Waals surface area contributed by atoms with E-state index in [1.807, 2.05) is 0 Å². The molecule has 0 N–H and O–H groups in total. The molecule has 1 nitrogen and oxygen atoms in total. The van der Waals surface area contributed by atoms with Crippen LogP contribution < -0.4 is 0 Å². The van der Waals surface area contributed by atoms with Crippen molar-refractivity contribution in [1.82, 2.24) is 0 Å². The predicted octanol–water partition coefficient (Wildman–Crippen LogP) is 2.96. The molecule has 0 aromatic carbocycles. The van der Waals surface area contributed by atoms with Gasteiger partial charge in [0.15, 0.2) is 0 Å². The van der Waals surface area contributed by atoms with Crippen LogP contribution in [0.3, 0.4) is 0 Å². The summed E-state index contributed by atoms with van der Waals surface area (Å²) in [7, 11) is 0. The third kappa shape index (κ3) is 1.45. The van der Waals surface area contributed by atoms with Crippen molar-refractivity contribution in [2.24, 2.45) is 17.3 Å². The highest BCUT2D eigenvalue weighted by molar-refractivity contribution is 5.87. The molecule has 1 unspecified atom stereocenters. The van der Waals surface area contributed by atoms with Crippen molar-refractivity contribution in [3.05, 3.63) is 12.2 Å². The molecule has 0 aliphatic heterocycles. The first kappa shape index (κ1) is 8.98. The van der Waals surface area contributed by atoms with Crippen LogP contribution in [-0.2, 0) is 4.79 Å². The highest BCUT2D eigenvalue weighted by Crippen LogP contribution is 2.41. The molecule has 1 saturated carbocycles.